The number of hydrogen-bond donors (Lipinski definition) is 2. The van der Waals surface area contributed by atoms with Crippen LogP contribution in [0.5, 0.6) is 0 Å². The van der Waals surface area contributed by atoms with Crippen molar-refractivity contribution in [2.75, 3.05) is 25.0 Å². The molecule has 1 saturated heterocycles. The van der Waals surface area contributed by atoms with Crippen LogP contribution in [-0.4, -0.2) is 53.2 Å². The van der Waals surface area contributed by atoms with Crippen LogP contribution >= 0.6 is 0 Å². The van der Waals surface area contributed by atoms with Crippen LogP contribution in [0.15, 0.2) is 30.5 Å². The summed E-state index contributed by atoms with van der Waals surface area (Å²) in [5, 5.41) is 6.72. The van der Waals surface area contributed by atoms with Crippen LogP contribution in [0.3, 0.4) is 0 Å². The maximum atomic E-state index is 12.9. The Balaban J connectivity index is 1.50. The third-order valence-corrected chi connectivity index (χ3v) is 4.30. The van der Waals surface area contributed by atoms with Crippen molar-refractivity contribution >= 4 is 28.6 Å². The topological polar surface area (TPSA) is 83.6 Å². The van der Waals surface area contributed by atoms with Gasteiger partial charge in [0.15, 0.2) is 0 Å². The quantitative estimate of drug-likeness (QED) is 0.823. The standard InChI is InChI=1S/C20H25FN4O3/c1-20(2,3)28-19(27)25-11-14(12-25)24-18(26)10-23-17-6-7-22-16-5-4-13(9-21)8-15(16)17/h4-8,14H,9-12H2,1-3H3,(H,22,23)(H,24,26). The van der Waals surface area contributed by atoms with Gasteiger partial charge in [-0.2, -0.15) is 0 Å². The Morgan fingerprint density at radius 2 is 2.04 bits per heavy atom. The smallest absolute Gasteiger partial charge is 0.410 e. The van der Waals surface area contributed by atoms with E-state index < -0.39 is 12.3 Å². The van der Waals surface area contributed by atoms with Gasteiger partial charge in [-0.25, -0.2) is 9.18 Å². The van der Waals surface area contributed by atoms with Gasteiger partial charge in [0.25, 0.3) is 0 Å². The van der Waals surface area contributed by atoms with Gasteiger partial charge in [-0.3, -0.25) is 9.78 Å². The molecule has 0 unspecified atom stereocenters. The van der Waals surface area contributed by atoms with Crippen LogP contribution in [0.1, 0.15) is 26.3 Å². The first-order valence-electron chi connectivity index (χ1n) is 9.20. The molecule has 1 aliphatic heterocycles. The lowest BCUT2D eigenvalue weighted by Gasteiger charge is -2.40. The number of nitrogens with one attached hydrogen (secondary N) is 2. The van der Waals surface area contributed by atoms with Gasteiger partial charge >= 0.3 is 6.09 Å². The van der Waals surface area contributed by atoms with E-state index in [0.717, 1.165) is 16.6 Å². The predicted molar refractivity (Wildman–Crippen MR) is 105 cm³/mol. The van der Waals surface area contributed by atoms with Crippen LogP contribution in [0, 0.1) is 0 Å². The second kappa shape index (κ2) is 8.00. The first kappa shape index (κ1) is 19.9. The molecule has 2 aromatic rings. The Hall–Kier alpha value is -2.90. The van der Waals surface area contributed by atoms with Gasteiger partial charge in [0, 0.05) is 30.4 Å². The largest absolute Gasteiger partial charge is 0.444 e. The molecular weight excluding hydrogens is 363 g/mol. The fourth-order valence-electron chi connectivity index (χ4n) is 2.93. The van der Waals surface area contributed by atoms with E-state index in [1.807, 2.05) is 20.8 Å². The number of anilines is 1. The average molecular weight is 388 g/mol. The van der Waals surface area contributed by atoms with E-state index in [4.69, 9.17) is 4.74 Å². The normalized spacial score (nSPS) is 14.5. The molecule has 0 spiro atoms. The average Bonchev–Trinajstić information content (AvgIpc) is 2.60. The van der Waals surface area contributed by atoms with Gasteiger partial charge in [0.2, 0.25) is 5.91 Å². The van der Waals surface area contributed by atoms with Crippen molar-refractivity contribution in [3.05, 3.63) is 36.0 Å². The summed E-state index contributed by atoms with van der Waals surface area (Å²) in [4.78, 5) is 29.9. The Labute approximate surface area is 163 Å². The number of nitrogens with zero attached hydrogens (tertiary/aromatic N) is 2. The van der Waals surface area contributed by atoms with Gasteiger partial charge < -0.3 is 20.3 Å². The number of aromatic nitrogens is 1. The van der Waals surface area contributed by atoms with Crippen LogP contribution in [0.2, 0.25) is 0 Å². The van der Waals surface area contributed by atoms with Crippen LogP contribution in [0.4, 0.5) is 14.9 Å². The van der Waals surface area contributed by atoms with Crippen molar-refractivity contribution < 1.29 is 18.7 Å². The highest BCUT2D eigenvalue weighted by atomic mass is 19.1. The monoisotopic (exact) mass is 388 g/mol. The minimum absolute atomic E-state index is 0.0713. The molecule has 0 bridgehead atoms. The van der Waals surface area contributed by atoms with E-state index in [2.05, 4.69) is 15.6 Å². The number of likely N-dealkylation sites (tertiary alicyclic amines) is 1. The molecule has 3 rings (SSSR count). The summed E-state index contributed by atoms with van der Waals surface area (Å²) >= 11 is 0. The lowest BCUT2D eigenvalue weighted by molar-refractivity contribution is -0.121. The maximum Gasteiger partial charge on any atom is 0.410 e. The number of fused-ring (bicyclic) bond motifs is 1. The predicted octanol–water partition coefficient (Wildman–Crippen LogP) is 2.85. The third kappa shape index (κ3) is 4.88. The highest BCUT2D eigenvalue weighted by Crippen LogP contribution is 2.23. The highest BCUT2D eigenvalue weighted by Gasteiger charge is 2.34. The molecule has 7 nitrogen and oxygen atoms in total. The summed E-state index contributed by atoms with van der Waals surface area (Å²) in [5.74, 6) is -0.180. The van der Waals surface area contributed by atoms with Crippen molar-refractivity contribution in [3.63, 3.8) is 0 Å². The molecule has 1 aliphatic rings. The molecule has 0 aliphatic carbocycles. The second-order valence-corrected chi connectivity index (χ2v) is 7.85. The molecule has 150 valence electrons. The summed E-state index contributed by atoms with van der Waals surface area (Å²) in [7, 11) is 0. The zero-order chi connectivity index (χ0) is 20.3. The molecule has 2 heterocycles. The van der Waals surface area contributed by atoms with Crippen LogP contribution in [0.25, 0.3) is 10.9 Å². The van der Waals surface area contributed by atoms with E-state index in [1.165, 1.54) is 0 Å². The number of alkyl halides is 1. The number of carbonyl (C=O) groups excluding carboxylic acids is 2. The van der Waals surface area contributed by atoms with E-state index in [9.17, 15) is 14.0 Å². The van der Waals surface area contributed by atoms with Crippen molar-refractivity contribution in [2.24, 2.45) is 0 Å². The Kier molecular flexibility index (Phi) is 5.67. The lowest BCUT2D eigenvalue weighted by atomic mass is 10.1. The zero-order valence-corrected chi connectivity index (χ0v) is 16.3. The molecule has 1 aromatic carbocycles. The molecule has 2 N–H and O–H groups in total. The summed E-state index contributed by atoms with van der Waals surface area (Å²) in [5.41, 5.74) is 1.48. The van der Waals surface area contributed by atoms with Crippen molar-refractivity contribution in [1.29, 1.82) is 0 Å². The van der Waals surface area contributed by atoms with Crippen molar-refractivity contribution in [2.45, 2.75) is 39.1 Å². The lowest BCUT2D eigenvalue weighted by Crippen LogP contribution is -2.62. The fraction of sp³-hybridized carbons (Fsp3) is 0.450. The molecule has 28 heavy (non-hydrogen) atoms. The van der Waals surface area contributed by atoms with Gasteiger partial charge in [0.1, 0.15) is 12.3 Å². The highest BCUT2D eigenvalue weighted by molar-refractivity contribution is 5.93. The first-order chi connectivity index (χ1) is 13.2. The molecule has 0 radical (unpaired) electrons. The Morgan fingerprint density at radius 1 is 1.29 bits per heavy atom. The summed E-state index contributed by atoms with van der Waals surface area (Å²) in [6, 6.07) is 6.85. The third-order valence-electron chi connectivity index (χ3n) is 4.30. The van der Waals surface area contributed by atoms with Crippen LogP contribution in [-0.2, 0) is 16.2 Å². The van der Waals surface area contributed by atoms with E-state index >= 15 is 0 Å². The van der Waals surface area contributed by atoms with E-state index in [-0.39, 0.29) is 24.6 Å². The number of carbonyl (C=O) groups is 2. The van der Waals surface area contributed by atoms with Crippen LogP contribution < -0.4 is 10.6 Å². The Morgan fingerprint density at radius 3 is 2.71 bits per heavy atom. The van der Waals surface area contributed by atoms with Crippen molar-refractivity contribution in [3.8, 4) is 0 Å². The number of halogens is 1. The van der Waals surface area contributed by atoms with Gasteiger partial charge in [-0.1, -0.05) is 6.07 Å². The number of hydrogen-bond acceptors (Lipinski definition) is 5. The molecule has 2 amide bonds. The zero-order valence-electron chi connectivity index (χ0n) is 16.3. The first-order valence-corrected chi connectivity index (χ1v) is 9.20. The van der Waals surface area contributed by atoms with E-state index in [1.54, 1.807) is 35.4 Å². The molecule has 0 saturated carbocycles. The van der Waals surface area contributed by atoms with Gasteiger partial charge in [-0.05, 0) is 44.5 Å². The van der Waals surface area contributed by atoms with Gasteiger partial charge in [0.05, 0.1) is 18.1 Å². The number of amides is 2. The van der Waals surface area contributed by atoms with Crippen molar-refractivity contribution in [1.82, 2.24) is 15.2 Å². The van der Waals surface area contributed by atoms with Gasteiger partial charge in [-0.15, -0.1) is 0 Å². The minimum Gasteiger partial charge on any atom is -0.444 e. The SMILES string of the molecule is CC(C)(C)OC(=O)N1CC(NC(=O)CNc2ccnc3ccc(CF)cc23)C1. The molecular formula is C20H25FN4O3. The Bertz CT molecular complexity index is 875. The summed E-state index contributed by atoms with van der Waals surface area (Å²) in [6.07, 6.45) is 1.27. The fourth-order valence-corrected chi connectivity index (χ4v) is 2.93. The molecule has 1 fully saturated rings. The minimum atomic E-state index is -0.555. The number of benzene rings is 1. The molecule has 8 heteroatoms. The number of rotatable bonds is 5. The summed E-state index contributed by atoms with van der Waals surface area (Å²) in [6.45, 7) is 5.82. The molecule has 1 aromatic heterocycles. The number of pyridine rings is 1. The number of ether oxygens (including phenoxy) is 1. The summed E-state index contributed by atoms with van der Waals surface area (Å²) < 4.78 is 18.2. The second-order valence-electron chi connectivity index (χ2n) is 7.85. The van der Waals surface area contributed by atoms with E-state index in [0.29, 0.717) is 18.7 Å². The molecule has 0 atom stereocenters. The maximum absolute atomic E-state index is 12.9.